The van der Waals surface area contributed by atoms with Crippen LogP contribution in [0.4, 0.5) is 18.9 Å². The summed E-state index contributed by atoms with van der Waals surface area (Å²) in [6, 6.07) is 7.26. The van der Waals surface area contributed by atoms with Crippen LogP contribution in [0.3, 0.4) is 0 Å². The molecule has 0 spiro atoms. The molecule has 0 N–H and O–H groups in total. The molecule has 1 saturated heterocycles. The largest absolute Gasteiger partial charge is 0.456 e. The number of anilines is 1. The van der Waals surface area contributed by atoms with Crippen LogP contribution in [0.15, 0.2) is 24.3 Å². The van der Waals surface area contributed by atoms with Crippen LogP contribution in [0.5, 0.6) is 0 Å². The second kappa shape index (κ2) is 6.37. The van der Waals surface area contributed by atoms with Crippen molar-refractivity contribution in [3.05, 3.63) is 29.8 Å². The zero-order valence-corrected chi connectivity index (χ0v) is 12.0. The molecule has 1 aliphatic rings. The number of para-hydroxylation sites is 1. The maximum absolute atomic E-state index is 12.1. The monoisotopic (exact) mass is 315 g/mol. The summed E-state index contributed by atoms with van der Waals surface area (Å²) in [7, 11) is 0. The van der Waals surface area contributed by atoms with Crippen molar-refractivity contribution in [3.63, 3.8) is 0 Å². The van der Waals surface area contributed by atoms with Crippen molar-refractivity contribution in [3.8, 4) is 0 Å². The third-order valence-corrected chi connectivity index (χ3v) is 3.50. The van der Waals surface area contributed by atoms with E-state index in [-0.39, 0.29) is 18.9 Å². The van der Waals surface area contributed by atoms with Gasteiger partial charge in [-0.15, -0.1) is 0 Å². The number of esters is 1. The fourth-order valence-corrected chi connectivity index (χ4v) is 2.44. The van der Waals surface area contributed by atoms with Crippen molar-refractivity contribution in [1.82, 2.24) is 0 Å². The number of rotatable bonds is 4. The topological polar surface area (TPSA) is 46.6 Å². The van der Waals surface area contributed by atoms with Gasteiger partial charge in [0.05, 0.1) is 5.92 Å². The van der Waals surface area contributed by atoms with Crippen molar-refractivity contribution in [2.24, 2.45) is 5.92 Å². The Bertz CT molecular complexity index is 571. The van der Waals surface area contributed by atoms with Crippen LogP contribution in [-0.2, 0) is 20.7 Å². The van der Waals surface area contributed by atoms with E-state index in [1.165, 1.54) is 4.90 Å². The SMILES string of the molecule is CCc1ccccc1N1CC(C(=O)OCC(F)(F)F)CC1=O. The van der Waals surface area contributed by atoms with Gasteiger partial charge in [0, 0.05) is 18.7 Å². The van der Waals surface area contributed by atoms with Crippen LogP contribution < -0.4 is 4.90 Å². The van der Waals surface area contributed by atoms with E-state index in [0.717, 1.165) is 5.56 Å². The Morgan fingerprint density at radius 1 is 1.36 bits per heavy atom. The Morgan fingerprint density at radius 3 is 2.68 bits per heavy atom. The molecule has 120 valence electrons. The highest BCUT2D eigenvalue weighted by molar-refractivity contribution is 6.00. The molecule has 0 radical (unpaired) electrons. The maximum atomic E-state index is 12.1. The van der Waals surface area contributed by atoms with Gasteiger partial charge in [0.15, 0.2) is 6.61 Å². The molecule has 1 unspecified atom stereocenters. The van der Waals surface area contributed by atoms with E-state index in [2.05, 4.69) is 4.74 Å². The number of amides is 1. The Hall–Kier alpha value is -2.05. The van der Waals surface area contributed by atoms with Crippen molar-refractivity contribution in [2.75, 3.05) is 18.1 Å². The van der Waals surface area contributed by atoms with Gasteiger partial charge < -0.3 is 9.64 Å². The van der Waals surface area contributed by atoms with E-state index < -0.39 is 24.7 Å². The van der Waals surface area contributed by atoms with Crippen molar-refractivity contribution in [2.45, 2.75) is 25.9 Å². The molecule has 4 nitrogen and oxygen atoms in total. The van der Waals surface area contributed by atoms with Gasteiger partial charge in [-0.05, 0) is 18.1 Å². The number of carbonyl (C=O) groups is 2. The van der Waals surface area contributed by atoms with Gasteiger partial charge in [-0.25, -0.2) is 0 Å². The second-order valence-electron chi connectivity index (χ2n) is 5.11. The molecule has 1 aromatic carbocycles. The summed E-state index contributed by atoms with van der Waals surface area (Å²) in [5, 5.41) is 0. The van der Waals surface area contributed by atoms with Crippen LogP contribution in [0, 0.1) is 5.92 Å². The molecule has 1 fully saturated rings. The van der Waals surface area contributed by atoms with Crippen molar-refractivity contribution < 1.29 is 27.5 Å². The van der Waals surface area contributed by atoms with Crippen LogP contribution in [0.2, 0.25) is 0 Å². The molecule has 1 atom stereocenters. The number of hydrogen-bond acceptors (Lipinski definition) is 3. The molecule has 1 amide bonds. The number of carbonyl (C=O) groups excluding carboxylic acids is 2. The van der Waals surface area contributed by atoms with E-state index in [9.17, 15) is 22.8 Å². The molecule has 7 heteroatoms. The van der Waals surface area contributed by atoms with Crippen LogP contribution in [0.1, 0.15) is 18.9 Å². The lowest BCUT2D eigenvalue weighted by Crippen LogP contribution is -2.28. The van der Waals surface area contributed by atoms with Crippen molar-refractivity contribution in [1.29, 1.82) is 0 Å². The molecule has 1 aromatic rings. The lowest BCUT2D eigenvalue weighted by atomic mass is 10.1. The van der Waals surface area contributed by atoms with E-state index in [1.54, 1.807) is 12.1 Å². The minimum Gasteiger partial charge on any atom is -0.456 e. The maximum Gasteiger partial charge on any atom is 0.422 e. The summed E-state index contributed by atoms with van der Waals surface area (Å²) in [6.07, 6.45) is -3.98. The predicted octanol–water partition coefficient (Wildman–Crippen LogP) is 2.71. The molecule has 1 aliphatic heterocycles. The summed E-state index contributed by atoms with van der Waals surface area (Å²) in [6.45, 7) is 0.364. The standard InChI is InChI=1S/C15H16F3NO3/c1-2-10-5-3-4-6-12(10)19-8-11(7-13(19)20)14(21)22-9-15(16,17)18/h3-6,11H,2,7-9H2,1H3. The first-order valence-electron chi connectivity index (χ1n) is 6.93. The summed E-state index contributed by atoms with van der Waals surface area (Å²) >= 11 is 0. The quantitative estimate of drug-likeness (QED) is 0.803. The fourth-order valence-electron chi connectivity index (χ4n) is 2.44. The molecular weight excluding hydrogens is 299 g/mol. The van der Waals surface area contributed by atoms with Crippen LogP contribution in [-0.4, -0.2) is 31.2 Å². The molecular formula is C15H16F3NO3. The number of ether oxygens (including phenoxy) is 1. The molecule has 22 heavy (non-hydrogen) atoms. The molecule has 0 aliphatic carbocycles. The molecule has 0 bridgehead atoms. The van der Waals surface area contributed by atoms with Gasteiger partial charge in [-0.2, -0.15) is 13.2 Å². The Morgan fingerprint density at radius 2 is 2.05 bits per heavy atom. The van der Waals surface area contributed by atoms with E-state index in [4.69, 9.17) is 0 Å². The third-order valence-electron chi connectivity index (χ3n) is 3.50. The number of nitrogens with zero attached hydrogens (tertiary/aromatic N) is 1. The van der Waals surface area contributed by atoms with Gasteiger partial charge in [0.25, 0.3) is 0 Å². The third kappa shape index (κ3) is 3.78. The lowest BCUT2D eigenvalue weighted by molar-refractivity contribution is -0.188. The van der Waals surface area contributed by atoms with Crippen LogP contribution >= 0.6 is 0 Å². The number of benzene rings is 1. The van der Waals surface area contributed by atoms with Gasteiger partial charge in [-0.3, -0.25) is 9.59 Å². The first kappa shape index (κ1) is 16.3. The normalized spacial score (nSPS) is 18.6. The Labute approximate surface area is 125 Å². The highest BCUT2D eigenvalue weighted by Gasteiger charge is 2.38. The molecule has 0 aromatic heterocycles. The van der Waals surface area contributed by atoms with E-state index >= 15 is 0 Å². The predicted molar refractivity (Wildman–Crippen MR) is 73.3 cm³/mol. The number of hydrogen-bond donors (Lipinski definition) is 0. The number of aryl methyl sites for hydroxylation is 1. The Balaban J connectivity index is 2.06. The molecule has 2 rings (SSSR count). The average molecular weight is 315 g/mol. The number of halogens is 3. The van der Waals surface area contributed by atoms with Gasteiger partial charge in [0.2, 0.25) is 5.91 Å². The average Bonchev–Trinajstić information content (AvgIpc) is 2.86. The smallest absolute Gasteiger partial charge is 0.422 e. The number of alkyl halides is 3. The Kier molecular flexibility index (Phi) is 4.73. The summed E-state index contributed by atoms with van der Waals surface area (Å²) in [5.74, 6) is -2.13. The summed E-state index contributed by atoms with van der Waals surface area (Å²) < 4.78 is 40.4. The highest BCUT2D eigenvalue weighted by atomic mass is 19.4. The fraction of sp³-hybridized carbons (Fsp3) is 0.467. The highest BCUT2D eigenvalue weighted by Crippen LogP contribution is 2.29. The van der Waals surface area contributed by atoms with E-state index in [1.807, 2.05) is 19.1 Å². The minimum absolute atomic E-state index is 0.0482. The zero-order chi connectivity index (χ0) is 16.3. The van der Waals surface area contributed by atoms with Crippen molar-refractivity contribution >= 4 is 17.6 Å². The summed E-state index contributed by atoms with van der Waals surface area (Å²) in [5.41, 5.74) is 1.64. The lowest BCUT2D eigenvalue weighted by Gasteiger charge is -2.19. The summed E-state index contributed by atoms with van der Waals surface area (Å²) in [4.78, 5) is 25.2. The zero-order valence-electron chi connectivity index (χ0n) is 12.0. The first-order chi connectivity index (χ1) is 10.3. The molecule has 0 saturated carbocycles. The van der Waals surface area contributed by atoms with Crippen LogP contribution in [0.25, 0.3) is 0 Å². The van der Waals surface area contributed by atoms with E-state index in [0.29, 0.717) is 12.1 Å². The van der Waals surface area contributed by atoms with Gasteiger partial charge in [-0.1, -0.05) is 25.1 Å². The van der Waals surface area contributed by atoms with Gasteiger partial charge >= 0.3 is 12.1 Å². The minimum atomic E-state index is -4.56. The molecule has 1 heterocycles. The van der Waals surface area contributed by atoms with Gasteiger partial charge in [0.1, 0.15) is 0 Å². The second-order valence-corrected chi connectivity index (χ2v) is 5.11. The first-order valence-corrected chi connectivity index (χ1v) is 6.93.